The number of aliphatic carboxylic acids is 1. The van der Waals surface area contributed by atoms with Crippen LogP contribution < -0.4 is 5.32 Å². The van der Waals surface area contributed by atoms with Crippen LogP contribution in [0.2, 0.25) is 0 Å². The lowest BCUT2D eigenvalue weighted by Gasteiger charge is -2.38. The Morgan fingerprint density at radius 2 is 1.95 bits per heavy atom. The topological polar surface area (TPSA) is 69.6 Å². The molecule has 1 amide bonds. The summed E-state index contributed by atoms with van der Waals surface area (Å²) in [6.45, 7) is 0.593. The van der Waals surface area contributed by atoms with Crippen molar-refractivity contribution in [3.8, 4) is 0 Å². The van der Waals surface area contributed by atoms with Crippen LogP contribution in [0.3, 0.4) is 0 Å². The van der Waals surface area contributed by atoms with E-state index in [1.54, 1.807) is 4.90 Å². The Kier molecular flexibility index (Phi) is 4.45. The van der Waals surface area contributed by atoms with Gasteiger partial charge in [-0.15, -0.1) is 0 Å². The molecule has 0 aromatic heterocycles. The number of likely N-dealkylation sites (tertiary alicyclic amines) is 1. The van der Waals surface area contributed by atoms with Crippen molar-refractivity contribution < 1.29 is 14.7 Å². The second kappa shape index (κ2) is 5.90. The Bertz CT molecular complexity index is 351. The smallest absolute Gasteiger partial charge is 0.326 e. The van der Waals surface area contributed by atoms with E-state index in [0.29, 0.717) is 19.4 Å². The monoisotopic (exact) mass is 268 g/mol. The zero-order valence-corrected chi connectivity index (χ0v) is 11.7. The van der Waals surface area contributed by atoms with Gasteiger partial charge in [0.2, 0.25) is 5.91 Å². The predicted octanol–water partition coefficient (Wildman–Crippen LogP) is 1.37. The molecule has 0 radical (unpaired) electrons. The summed E-state index contributed by atoms with van der Waals surface area (Å²) in [4.78, 5) is 25.1. The standard InChI is InChI=1S/C14H24N2O3/c1-15-14(7-3-2-4-8-14)10-12(17)16-9-5-6-11(16)13(18)19/h11,15H,2-10H2,1H3,(H,18,19). The fourth-order valence-electron chi connectivity index (χ4n) is 3.46. The van der Waals surface area contributed by atoms with Gasteiger partial charge < -0.3 is 15.3 Å². The molecule has 0 bridgehead atoms. The van der Waals surface area contributed by atoms with Gasteiger partial charge in [-0.3, -0.25) is 4.79 Å². The van der Waals surface area contributed by atoms with Crippen molar-refractivity contribution in [2.45, 2.75) is 62.9 Å². The van der Waals surface area contributed by atoms with Crippen molar-refractivity contribution in [2.75, 3.05) is 13.6 Å². The van der Waals surface area contributed by atoms with Gasteiger partial charge in [-0.25, -0.2) is 4.79 Å². The summed E-state index contributed by atoms with van der Waals surface area (Å²) in [5.41, 5.74) is -0.110. The molecule has 0 spiro atoms. The average Bonchev–Trinajstić information content (AvgIpc) is 2.89. The van der Waals surface area contributed by atoms with Crippen molar-refractivity contribution in [2.24, 2.45) is 0 Å². The Hall–Kier alpha value is -1.10. The van der Waals surface area contributed by atoms with Gasteiger partial charge in [0.05, 0.1) is 0 Å². The minimum atomic E-state index is -0.868. The Morgan fingerprint density at radius 1 is 1.26 bits per heavy atom. The molecule has 108 valence electrons. The third-order valence-corrected chi connectivity index (χ3v) is 4.69. The molecule has 2 rings (SSSR count). The van der Waals surface area contributed by atoms with E-state index in [0.717, 1.165) is 32.1 Å². The van der Waals surface area contributed by atoms with Crippen LogP contribution in [0.1, 0.15) is 51.4 Å². The first-order chi connectivity index (χ1) is 9.08. The summed E-state index contributed by atoms with van der Waals surface area (Å²) in [5, 5.41) is 12.5. The molecule has 1 heterocycles. The first kappa shape index (κ1) is 14.3. The summed E-state index contributed by atoms with van der Waals surface area (Å²) in [7, 11) is 1.91. The normalized spacial score (nSPS) is 26.4. The van der Waals surface area contributed by atoms with Gasteiger partial charge in [0.25, 0.3) is 0 Å². The van der Waals surface area contributed by atoms with Gasteiger partial charge in [0.15, 0.2) is 0 Å². The SMILES string of the molecule is CNC1(CC(=O)N2CCCC2C(=O)O)CCCCC1. The zero-order valence-electron chi connectivity index (χ0n) is 11.7. The van der Waals surface area contributed by atoms with E-state index >= 15 is 0 Å². The maximum absolute atomic E-state index is 12.4. The van der Waals surface area contributed by atoms with E-state index in [9.17, 15) is 9.59 Å². The molecule has 1 aliphatic heterocycles. The molecule has 2 fully saturated rings. The van der Waals surface area contributed by atoms with Crippen LogP contribution in [0.25, 0.3) is 0 Å². The van der Waals surface area contributed by atoms with Crippen molar-refractivity contribution in [1.82, 2.24) is 10.2 Å². The number of carboxylic acid groups (broad SMARTS) is 1. The Labute approximate surface area is 114 Å². The highest BCUT2D eigenvalue weighted by atomic mass is 16.4. The summed E-state index contributed by atoms with van der Waals surface area (Å²) in [6, 6.07) is -0.606. The third-order valence-electron chi connectivity index (χ3n) is 4.69. The molecular weight excluding hydrogens is 244 g/mol. The van der Waals surface area contributed by atoms with E-state index < -0.39 is 12.0 Å². The number of nitrogens with one attached hydrogen (secondary N) is 1. The molecule has 1 aliphatic carbocycles. The minimum absolute atomic E-state index is 0.00106. The molecule has 19 heavy (non-hydrogen) atoms. The molecule has 1 unspecified atom stereocenters. The highest BCUT2D eigenvalue weighted by molar-refractivity contribution is 5.84. The molecule has 0 aromatic carbocycles. The second-order valence-electron chi connectivity index (χ2n) is 5.85. The summed E-state index contributed by atoms with van der Waals surface area (Å²) in [5.74, 6) is -0.867. The average molecular weight is 268 g/mol. The highest BCUT2D eigenvalue weighted by Crippen LogP contribution is 2.32. The molecule has 2 N–H and O–H groups in total. The predicted molar refractivity (Wildman–Crippen MR) is 71.9 cm³/mol. The van der Waals surface area contributed by atoms with Crippen molar-refractivity contribution in [3.05, 3.63) is 0 Å². The van der Waals surface area contributed by atoms with Crippen LogP contribution in [0.5, 0.6) is 0 Å². The Morgan fingerprint density at radius 3 is 2.53 bits per heavy atom. The third kappa shape index (κ3) is 3.08. The van der Waals surface area contributed by atoms with Crippen LogP contribution in [-0.4, -0.2) is 47.1 Å². The zero-order chi connectivity index (χ0) is 13.9. The van der Waals surface area contributed by atoms with Gasteiger partial charge in [-0.2, -0.15) is 0 Å². The number of hydrogen-bond donors (Lipinski definition) is 2. The van der Waals surface area contributed by atoms with E-state index in [4.69, 9.17) is 5.11 Å². The van der Waals surface area contributed by atoms with Gasteiger partial charge in [-0.05, 0) is 32.7 Å². The van der Waals surface area contributed by atoms with Gasteiger partial charge >= 0.3 is 5.97 Å². The van der Waals surface area contributed by atoms with Gasteiger partial charge in [-0.1, -0.05) is 19.3 Å². The van der Waals surface area contributed by atoms with Crippen LogP contribution in [0.15, 0.2) is 0 Å². The first-order valence-electron chi connectivity index (χ1n) is 7.29. The van der Waals surface area contributed by atoms with E-state index in [1.165, 1.54) is 6.42 Å². The number of nitrogens with zero attached hydrogens (tertiary/aromatic N) is 1. The van der Waals surface area contributed by atoms with Crippen LogP contribution in [0, 0.1) is 0 Å². The number of hydrogen-bond acceptors (Lipinski definition) is 3. The summed E-state index contributed by atoms with van der Waals surface area (Å²) in [6.07, 6.45) is 7.39. The van der Waals surface area contributed by atoms with E-state index in [1.807, 2.05) is 7.05 Å². The summed E-state index contributed by atoms with van der Waals surface area (Å²) >= 11 is 0. The molecule has 5 heteroatoms. The van der Waals surface area contributed by atoms with Crippen molar-refractivity contribution in [1.29, 1.82) is 0 Å². The highest BCUT2D eigenvalue weighted by Gasteiger charge is 2.39. The molecular formula is C14H24N2O3. The molecule has 5 nitrogen and oxygen atoms in total. The van der Waals surface area contributed by atoms with Crippen LogP contribution in [-0.2, 0) is 9.59 Å². The number of carbonyl (C=O) groups excluding carboxylic acids is 1. The summed E-state index contributed by atoms with van der Waals surface area (Å²) < 4.78 is 0. The van der Waals surface area contributed by atoms with Crippen molar-refractivity contribution >= 4 is 11.9 Å². The molecule has 1 saturated heterocycles. The van der Waals surface area contributed by atoms with Gasteiger partial charge in [0, 0.05) is 18.5 Å². The lowest BCUT2D eigenvalue weighted by molar-refractivity contribution is -0.149. The van der Waals surface area contributed by atoms with Crippen LogP contribution >= 0.6 is 0 Å². The lowest BCUT2D eigenvalue weighted by Crippen LogP contribution is -2.50. The number of carbonyl (C=O) groups is 2. The van der Waals surface area contributed by atoms with Gasteiger partial charge in [0.1, 0.15) is 6.04 Å². The fourth-order valence-corrected chi connectivity index (χ4v) is 3.46. The quantitative estimate of drug-likeness (QED) is 0.808. The first-order valence-corrected chi connectivity index (χ1v) is 7.29. The van der Waals surface area contributed by atoms with E-state index in [2.05, 4.69) is 5.32 Å². The lowest BCUT2D eigenvalue weighted by atomic mass is 9.79. The molecule has 1 saturated carbocycles. The maximum Gasteiger partial charge on any atom is 0.326 e. The maximum atomic E-state index is 12.4. The molecule has 1 atom stereocenters. The van der Waals surface area contributed by atoms with E-state index in [-0.39, 0.29) is 11.4 Å². The largest absolute Gasteiger partial charge is 0.480 e. The molecule has 0 aromatic rings. The molecule has 2 aliphatic rings. The number of carboxylic acids is 1. The fraction of sp³-hybridized carbons (Fsp3) is 0.857. The number of amides is 1. The second-order valence-corrected chi connectivity index (χ2v) is 5.85. The Balaban J connectivity index is 2.01. The van der Waals surface area contributed by atoms with Crippen LogP contribution in [0.4, 0.5) is 0 Å². The number of rotatable bonds is 4. The van der Waals surface area contributed by atoms with Crippen molar-refractivity contribution in [3.63, 3.8) is 0 Å². The minimum Gasteiger partial charge on any atom is -0.480 e.